The van der Waals surface area contributed by atoms with Crippen molar-refractivity contribution in [3.8, 4) is 6.07 Å². The van der Waals surface area contributed by atoms with Crippen LogP contribution in [0.2, 0.25) is 0 Å². The molecule has 32 heavy (non-hydrogen) atoms. The molecule has 3 atom stereocenters. The Morgan fingerprint density at radius 1 is 1.28 bits per heavy atom. The number of rotatable bonds is 4. The second-order valence-electron chi connectivity index (χ2n) is 8.43. The maximum absolute atomic E-state index is 15.1. The van der Waals surface area contributed by atoms with Crippen LogP contribution < -0.4 is 5.73 Å². The third kappa shape index (κ3) is 4.13. The van der Waals surface area contributed by atoms with Gasteiger partial charge in [-0.05, 0) is 12.3 Å². The fourth-order valence-electron chi connectivity index (χ4n) is 4.09. The Balaban J connectivity index is 2.33. The van der Waals surface area contributed by atoms with Gasteiger partial charge in [-0.25, -0.2) is 22.3 Å². The van der Waals surface area contributed by atoms with Crippen molar-refractivity contribution in [2.75, 3.05) is 25.1 Å². The highest BCUT2D eigenvalue weighted by Gasteiger charge is 2.44. The van der Waals surface area contributed by atoms with Crippen LogP contribution in [0.3, 0.4) is 0 Å². The molecule has 176 valence electrons. The maximum Gasteiger partial charge on any atom is 0.419 e. The van der Waals surface area contributed by atoms with E-state index in [4.69, 9.17) is 5.73 Å². The normalized spacial score (nSPS) is 21.8. The van der Waals surface area contributed by atoms with Crippen LogP contribution in [0.4, 0.5) is 23.5 Å². The van der Waals surface area contributed by atoms with Gasteiger partial charge in [-0.2, -0.15) is 22.7 Å². The summed E-state index contributed by atoms with van der Waals surface area (Å²) in [7, 11) is -3.67. The second-order valence-corrected chi connectivity index (χ2v) is 10.4. The number of alkyl halides is 4. The van der Waals surface area contributed by atoms with Crippen molar-refractivity contribution >= 4 is 21.5 Å². The van der Waals surface area contributed by atoms with Crippen molar-refractivity contribution in [1.82, 2.24) is 18.9 Å². The Morgan fingerprint density at radius 3 is 2.38 bits per heavy atom. The summed E-state index contributed by atoms with van der Waals surface area (Å²) in [6, 6.07) is 1.65. The lowest BCUT2D eigenvalue weighted by molar-refractivity contribution is -0.136. The summed E-state index contributed by atoms with van der Waals surface area (Å²) in [5.41, 5.74) is 3.22. The first kappa shape index (κ1) is 24.2. The summed E-state index contributed by atoms with van der Waals surface area (Å²) >= 11 is 0. The lowest BCUT2D eigenvalue weighted by Crippen LogP contribution is -2.44. The molecule has 0 spiro atoms. The summed E-state index contributed by atoms with van der Waals surface area (Å²) in [4.78, 5) is 3.96. The molecule has 3 unspecified atom stereocenters. The van der Waals surface area contributed by atoms with Crippen LogP contribution in [0.15, 0.2) is 0 Å². The largest absolute Gasteiger partial charge is 0.419 e. The van der Waals surface area contributed by atoms with E-state index in [1.807, 2.05) is 0 Å². The van der Waals surface area contributed by atoms with Gasteiger partial charge < -0.3 is 5.73 Å². The average Bonchev–Trinajstić information content (AvgIpc) is 3.00. The molecule has 3 rings (SSSR count). The number of piperidine rings is 1. The molecule has 0 bridgehead atoms. The van der Waals surface area contributed by atoms with Gasteiger partial charge in [0.1, 0.15) is 23.3 Å². The van der Waals surface area contributed by atoms with Crippen molar-refractivity contribution in [1.29, 1.82) is 5.26 Å². The molecule has 8 nitrogen and oxygen atoms in total. The quantitative estimate of drug-likeness (QED) is 0.678. The molecule has 0 radical (unpaired) electrons. The van der Waals surface area contributed by atoms with Gasteiger partial charge in [0.25, 0.3) is 0 Å². The molecule has 13 heteroatoms. The lowest BCUT2D eigenvalue weighted by atomic mass is 9.90. The van der Waals surface area contributed by atoms with E-state index in [0.29, 0.717) is 0 Å². The van der Waals surface area contributed by atoms with Gasteiger partial charge >= 0.3 is 6.18 Å². The van der Waals surface area contributed by atoms with Crippen molar-refractivity contribution in [2.45, 2.75) is 51.4 Å². The monoisotopic (exact) mass is 476 g/mol. The fraction of sp³-hybridized carbons (Fsp3) is 0.632. The van der Waals surface area contributed by atoms with E-state index < -0.39 is 57.4 Å². The Morgan fingerprint density at radius 2 is 1.91 bits per heavy atom. The molecule has 3 heterocycles. The SMILES string of the molecule is CC(C)C(C)c1c(C#N)c(C(F)(F)F)c2c(C3CCN(S(C)(=O)=O)CC3F)nc(N)nn12. The Bertz CT molecular complexity index is 1190. The molecule has 2 aromatic rings. The minimum atomic E-state index is -4.93. The molecule has 2 N–H and O–H groups in total. The van der Waals surface area contributed by atoms with Crippen molar-refractivity contribution < 1.29 is 26.0 Å². The first-order valence-electron chi connectivity index (χ1n) is 9.96. The Hall–Kier alpha value is -2.46. The molecule has 1 saturated heterocycles. The number of anilines is 1. The van der Waals surface area contributed by atoms with E-state index in [0.717, 1.165) is 15.1 Å². The summed E-state index contributed by atoms with van der Waals surface area (Å²) < 4.78 is 83.1. The summed E-state index contributed by atoms with van der Waals surface area (Å²) in [6.45, 7) is 4.67. The number of hydrogen-bond donors (Lipinski definition) is 1. The van der Waals surface area contributed by atoms with Crippen molar-refractivity contribution in [2.24, 2.45) is 5.92 Å². The van der Waals surface area contributed by atoms with Crippen LogP contribution in [0.1, 0.15) is 61.5 Å². The predicted octanol–water partition coefficient (Wildman–Crippen LogP) is 3.05. The predicted molar refractivity (Wildman–Crippen MR) is 109 cm³/mol. The standard InChI is InChI=1S/C19H24F4N6O2S/c1-9(2)10(3)16-12(7-24)14(19(21,22)23)17-15(26-18(25)27-29(16)17)11-5-6-28(8-13(11)20)32(4,30)31/h9-11,13H,5-6,8H2,1-4H3,(H2,25,27). The third-order valence-corrected chi connectivity index (χ3v) is 7.28. The number of nitrogens with zero attached hydrogens (tertiary/aromatic N) is 5. The zero-order valence-corrected chi connectivity index (χ0v) is 18.8. The van der Waals surface area contributed by atoms with Crippen molar-refractivity contribution in [3.63, 3.8) is 0 Å². The molecule has 1 fully saturated rings. The van der Waals surface area contributed by atoms with E-state index in [-0.39, 0.29) is 36.2 Å². The highest BCUT2D eigenvalue weighted by Crippen LogP contribution is 2.44. The topological polar surface area (TPSA) is 117 Å². The maximum atomic E-state index is 15.1. The third-order valence-electron chi connectivity index (χ3n) is 6.01. The number of sulfonamides is 1. The number of halogens is 4. The number of fused-ring (bicyclic) bond motifs is 1. The number of nitriles is 1. The zero-order chi connectivity index (χ0) is 24.2. The van der Waals surface area contributed by atoms with Gasteiger partial charge in [-0.3, -0.25) is 0 Å². The van der Waals surface area contributed by atoms with Crippen LogP contribution in [0, 0.1) is 17.2 Å². The summed E-state index contributed by atoms with van der Waals surface area (Å²) in [5.74, 6) is -2.14. The van der Waals surface area contributed by atoms with Crippen LogP contribution in [-0.4, -0.2) is 52.8 Å². The fourth-order valence-corrected chi connectivity index (χ4v) is 4.94. The first-order valence-corrected chi connectivity index (χ1v) is 11.8. The van der Waals surface area contributed by atoms with E-state index in [1.165, 1.54) is 0 Å². The van der Waals surface area contributed by atoms with E-state index in [2.05, 4.69) is 10.1 Å². The molecule has 1 aliphatic heterocycles. The van der Waals surface area contributed by atoms with Gasteiger partial charge in [-0.15, -0.1) is 5.10 Å². The number of aromatic nitrogens is 3. The van der Waals surface area contributed by atoms with Gasteiger partial charge in [0.05, 0.1) is 23.2 Å². The van der Waals surface area contributed by atoms with Crippen LogP contribution in [0.5, 0.6) is 0 Å². The van der Waals surface area contributed by atoms with Gasteiger partial charge in [0.15, 0.2) is 0 Å². The zero-order valence-electron chi connectivity index (χ0n) is 18.0. The van der Waals surface area contributed by atoms with Gasteiger partial charge in [0, 0.05) is 24.9 Å². The van der Waals surface area contributed by atoms with Crippen LogP contribution >= 0.6 is 0 Å². The summed E-state index contributed by atoms with van der Waals surface area (Å²) in [6.07, 6.45) is -5.91. The number of hydrogen-bond acceptors (Lipinski definition) is 6. The number of nitrogen functional groups attached to an aromatic ring is 1. The molecule has 2 aromatic heterocycles. The van der Waals surface area contributed by atoms with Crippen molar-refractivity contribution in [3.05, 3.63) is 22.5 Å². The Kier molecular flexibility index (Phi) is 6.16. The van der Waals surface area contributed by atoms with E-state index in [1.54, 1.807) is 26.8 Å². The first-order chi connectivity index (χ1) is 14.7. The van der Waals surface area contributed by atoms with Crippen LogP contribution in [0.25, 0.3) is 5.52 Å². The van der Waals surface area contributed by atoms with E-state index >= 15 is 4.39 Å². The molecule has 1 aliphatic rings. The van der Waals surface area contributed by atoms with Crippen LogP contribution in [-0.2, 0) is 16.2 Å². The van der Waals surface area contributed by atoms with E-state index in [9.17, 15) is 26.9 Å². The highest BCUT2D eigenvalue weighted by atomic mass is 32.2. The smallest absolute Gasteiger partial charge is 0.367 e. The van der Waals surface area contributed by atoms with Gasteiger partial charge in [0.2, 0.25) is 16.0 Å². The van der Waals surface area contributed by atoms with Gasteiger partial charge in [-0.1, -0.05) is 20.8 Å². The molecular formula is C19H24F4N6O2S. The molecular weight excluding hydrogens is 452 g/mol. The molecule has 0 amide bonds. The minimum Gasteiger partial charge on any atom is -0.367 e. The summed E-state index contributed by atoms with van der Waals surface area (Å²) in [5, 5.41) is 13.6. The lowest BCUT2D eigenvalue weighted by Gasteiger charge is -2.33. The molecule has 0 aromatic carbocycles. The average molecular weight is 477 g/mol. The number of nitrogens with two attached hydrogens (primary N) is 1. The molecule has 0 saturated carbocycles. The Labute approximate surface area is 183 Å². The molecule has 0 aliphatic carbocycles. The second kappa shape index (κ2) is 8.15. The minimum absolute atomic E-state index is 0.0316. The highest BCUT2D eigenvalue weighted by molar-refractivity contribution is 7.88.